The lowest BCUT2D eigenvalue weighted by molar-refractivity contribution is 0.311. The highest BCUT2D eigenvalue weighted by Gasteiger charge is 2.46. The van der Waals surface area contributed by atoms with Crippen molar-refractivity contribution >= 4 is 79.2 Å². The summed E-state index contributed by atoms with van der Waals surface area (Å²) in [5.41, 5.74) is 3.40. The lowest BCUT2D eigenvalue weighted by Crippen LogP contribution is -2.37. The van der Waals surface area contributed by atoms with Gasteiger partial charge in [-0.05, 0) is 67.1 Å². The van der Waals surface area contributed by atoms with Crippen molar-refractivity contribution in [2.45, 2.75) is 13.8 Å². The van der Waals surface area contributed by atoms with Gasteiger partial charge < -0.3 is 11.4 Å². The van der Waals surface area contributed by atoms with E-state index in [0.29, 0.717) is 11.5 Å². The molecule has 0 aliphatic heterocycles. The minimum absolute atomic E-state index is 0.636. The molecule has 8 aromatic rings. The second-order valence-corrected chi connectivity index (χ2v) is 13.0. The van der Waals surface area contributed by atoms with Gasteiger partial charge in [-0.1, -0.05) is 72.8 Å². The second-order valence-electron chi connectivity index (χ2n) is 10.6. The zero-order chi connectivity index (χ0) is 28.9. The summed E-state index contributed by atoms with van der Waals surface area (Å²) in [7, 11) is 0. The zero-order valence-electron chi connectivity index (χ0n) is 23.6. The molecular weight excluding hydrogens is 567 g/mol. The summed E-state index contributed by atoms with van der Waals surface area (Å²) in [4.78, 5) is 9.57. The number of hydrogen-bond donors (Lipinski definition) is 0. The Morgan fingerprint density at radius 1 is 0.512 bits per heavy atom. The monoisotopic (exact) mass is 592 g/mol. The lowest BCUT2D eigenvalue weighted by atomic mass is 10.1. The molecule has 3 heterocycles. The number of fused-ring (bicyclic) bond motifs is 6. The normalized spacial score (nSPS) is 11.5. The fourth-order valence-corrected chi connectivity index (χ4v) is 8.18. The van der Waals surface area contributed by atoms with Gasteiger partial charge in [0, 0.05) is 37.6 Å². The molecule has 0 aliphatic rings. The van der Waals surface area contributed by atoms with Crippen LogP contribution < -0.4 is 11.4 Å². The summed E-state index contributed by atoms with van der Waals surface area (Å²) in [6.07, 6.45) is 0. The first-order valence-electron chi connectivity index (χ1n) is 14.2. The van der Waals surface area contributed by atoms with Crippen molar-refractivity contribution in [2.24, 2.45) is 0 Å². The third kappa shape index (κ3) is 4.82. The molecule has 43 heavy (non-hydrogen) atoms. The third-order valence-corrected chi connectivity index (χ3v) is 10.2. The van der Waals surface area contributed by atoms with E-state index in [1.165, 1.54) is 20.9 Å². The average Bonchev–Trinajstić information content (AvgIpc) is 3.39. The van der Waals surface area contributed by atoms with Crippen molar-refractivity contribution < 1.29 is 11.4 Å². The molecule has 7 heteroatoms. The number of thiophene rings is 1. The first kappa shape index (κ1) is 26.0. The Balaban J connectivity index is 1.25. The highest BCUT2D eigenvalue weighted by molar-refractivity contribution is 7.26. The molecule has 5 nitrogen and oxygen atoms in total. The second kappa shape index (κ2) is 10.6. The summed E-state index contributed by atoms with van der Waals surface area (Å²) in [5.74, 6) is 2.02. The summed E-state index contributed by atoms with van der Waals surface area (Å²) < 4.78 is 22.4. The predicted octanol–water partition coefficient (Wildman–Crippen LogP) is 9.44. The molecule has 0 spiro atoms. The van der Waals surface area contributed by atoms with Crippen molar-refractivity contribution in [2.75, 3.05) is 0 Å². The number of rotatable bonds is 6. The van der Waals surface area contributed by atoms with E-state index in [2.05, 4.69) is 54.6 Å². The number of aromatic nitrogens is 2. The maximum absolute atomic E-state index is 6.77. The summed E-state index contributed by atoms with van der Waals surface area (Å²) in [5, 5.41) is 6.81. The van der Waals surface area contributed by atoms with Crippen molar-refractivity contribution in [3.63, 3.8) is 0 Å². The fourth-order valence-electron chi connectivity index (χ4n) is 5.56. The number of hydrogen-bond acceptors (Lipinski definition) is 6. The van der Waals surface area contributed by atoms with Crippen LogP contribution in [0.5, 0.6) is 17.2 Å². The SMILES string of the molecule is Cc1ccc2cccc([O][Al]([O]c3cccc4ccc(C)nc34)[O]c3cccc4c3sc3cc5ccccc5cc34)c2n1. The van der Waals surface area contributed by atoms with Gasteiger partial charge in [-0.2, -0.15) is 0 Å². The molecule has 0 amide bonds. The van der Waals surface area contributed by atoms with E-state index in [-0.39, 0.29) is 0 Å². The Bertz CT molecular complexity index is 2250. The van der Waals surface area contributed by atoms with Gasteiger partial charge in [0.05, 0.1) is 4.70 Å². The molecule has 3 aromatic heterocycles. The van der Waals surface area contributed by atoms with E-state index in [4.69, 9.17) is 21.3 Å². The predicted molar refractivity (Wildman–Crippen MR) is 177 cm³/mol. The van der Waals surface area contributed by atoms with Gasteiger partial charge in [-0.15, -0.1) is 11.3 Å². The molecule has 0 unspecified atom stereocenters. The highest BCUT2D eigenvalue weighted by atomic mass is 32.1. The first-order chi connectivity index (χ1) is 21.1. The number of pyridine rings is 2. The topological polar surface area (TPSA) is 53.5 Å². The molecule has 5 aromatic carbocycles. The molecule has 0 N–H and O–H groups in total. The molecular formula is C36H25AlN2O3S. The number of nitrogens with zero attached hydrogens (tertiary/aromatic N) is 2. The van der Waals surface area contributed by atoms with Gasteiger partial charge in [0.25, 0.3) is 0 Å². The first-order valence-corrected chi connectivity index (χ1v) is 16.4. The Morgan fingerprint density at radius 2 is 1.05 bits per heavy atom. The zero-order valence-corrected chi connectivity index (χ0v) is 25.5. The fraction of sp³-hybridized carbons (Fsp3) is 0.0556. The van der Waals surface area contributed by atoms with Crippen LogP contribution in [-0.4, -0.2) is 25.1 Å². The van der Waals surface area contributed by atoms with E-state index in [1.54, 1.807) is 11.3 Å². The molecule has 0 saturated carbocycles. The average molecular weight is 593 g/mol. The van der Waals surface area contributed by atoms with Gasteiger partial charge in [-0.3, -0.25) is 0 Å². The molecule has 8 rings (SSSR count). The van der Waals surface area contributed by atoms with Gasteiger partial charge in [0.1, 0.15) is 28.3 Å². The minimum Gasteiger partial charge on any atom is -0.576 e. The van der Waals surface area contributed by atoms with Crippen LogP contribution in [-0.2, 0) is 0 Å². The summed E-state index contributed by atoms with van der Waals surface area (Å²) in [6.45, 7) is 3.96. The number of para-hydroxylation sites is 2. The quantitative estimate of drug-likeness (QED) is 0.180. The Labute approximate surface area is 257 Å². The maximum atomic E-state index is 6.77. The Morgan fingerprint density at radius 3 is 1.70 bits per heavy atom. The van der Waals surface area contributed by atoms with E-state index in [0.717, 1.165) is 49.0 Å². The highest BCUT2D eigenvalue weighted by Crippen LogP contribution is 2.41. The smallest absolute Gasteiger partial charge is 0.576 e. The Kier molecular flexibility index (Phi) is 6.38. The molecule has 206 valence electrons. The lowest BCUT2D eigenvalue weighted by Gasteiger charge is -2.18. The van der Waals surface area contributed by atoms with Crippen LogP contribution in [0.2, 0.25) is 0 Å². The van der Waals surface area contributed by atoms with E-state index < -0.39 is 15.1 Å². The Hall–Kier alpha value is -4.67. The largest absolute Gasteiger partial charge is 1.20 e. The van der Waals surface area contributed by atoms with Crippen LogP contribution in [0.15, 0.2) is 115 Å². The maximum Gasteiger partial charge on any atom is 1.20 e. The summed E-state index contributed by atoms with van der Waals surface area (Å²) in [6, 6.07) is 39.2. The van der Waals surface area contributed by atoms with Crippen LogP contribution >= 0.6 is 11.3 Å². The van der Waals surface area contributed by atoms with Crippen LogP contribution in [0.1, 0.15) is 11.4 Å². The van der Waals surface area contributed by atoms with Crippen LogP contribution in [0.4, 0.5) is 0 Å². The molecule has 0 saturated heterocycles. The van der Waals surface area contributed by atoms with Crippen molar-refractivity contribution in [3.05, 3.63) is 127 Å². The molecule has 0 radical (unpaired) electrons. The van der Waals surface area contributed by atoms with Gasteiger partial charge >= 0.3 is 15.1 Å². The van der Waals surface area contributed by atoms with Crippen molar-refractivity contribution in [1.29, 1.82) is 0 Å². The van der Waals surface area contributed by atoms with Gasteiger partial charge in [0.15, 0.2) is 0 Å². The molecule has 0 atom stereocenters. The van der Waals surface area contributed by atoms with Crippen molar-refractivity contribution in [1.82, 2.24) is 9.97 Å². The van der Waals surface area contributed by atoms with Crippen LogP contribution in [0.25, 0.3) is 52.8 Å². The standard InChI is InChI=1S/C16H10OS.2C10H9NO.Al/c17-14-7-3-6-12-13-8-10-4-1-2-5-11(10)9-15(13)18-16(12)14;2*1-7-5-6-8-3-2-4-9(12)10(8)11-7;/h1-9,17H;2*2-6,12H,1H3;/q;;;+3/p-3. The number of aryl methyl sites for hydroxylation is 2. The third-order valence-electron chi connectivity index (χ3n) is 7.64. The van der Waals surface area contributed by atoms with Crippen LogP contribution in [0, 0.1) is 13.8 Å². The van der Waals surface area contributed by atoms with Crippen molar-refractivity contribution in [3.8, 4) is 17.2 Å². The van der Waals surface area contributed by atoms with Crippen LogP contribution in [0.3, 0.4) is 0 Å². The van der Waals surface area contributed by atoms with E-state index in [1.807, 2.05) is 74.5 Å². The van der Waals surface area contributed by atoms with Gasteiger partial charge in [-0.25, -0.2) is 9.97 Å². The molecule has 0 aliphatic carbocycles. The number of benzene rings is 5. The molecule has 0 fully saturated rings. The summed E-state index contributed by atoms with van der Waals surface area (Å²) >= 11 is -1.20. The minimum atomic E-state index is -2.93. The molecule has 0 bridgehead atoms. The van der Waals surface area contributed by atoms with Gasteiger partial charge in [0.2, 0.25) is 0 Å². The van der Waals surface area contributed by atoms with E-state index >= 15 is 0 Å². The van der Waals surface area contributed by atoms with E-state index in [9.17, 15) is 0 Å².